The third kappa shape index (κ3) is 3.29. The molecule has 0 aliphatic carbocycles. The fraction of sp³-hybridized carbons (Fsp3) is 0.750. The van der Waals surface area contributed by atoms with Crippen LogP contribution in [0, 0.1) is 11.8 Å². The lowest BCUT2D eigenvalue weighted by Crippen LogP contribution is -2.32. The number of rotatable bonds is 6. The lowest BCUT2D eigenvalue weighted by atomic mass is 10.00. The van der Waals surface area contributed by atoms with Crippen molar-refractivity contribution in [2.75, 3.05) is 6.54 Å². The monoisotopic (exact) mass is 255 g/mol. The lowest BCUT2D eigenvalue weighted by Gasteiger charge is -2.13. The number of nitrogens with one attached hydrogen (secondary N) is 1. The molecule has 0 radical (unpaired) electrons. The Bertz CT molecular complexity index is 323. The molecule has 3 amide bonds. The molecule has 1 aliphatic heterocycles. The zero-order chi connectivity index (χ0) is 13.7. The van der Waals surface area contributed by atoms with E-state index in [9.17, 15) is 14.4 Å². The van der Waals surface area contributed by atoms with E-state index < -0.39 is 0 Å². The highest BCUT2D eigenvalue weighted by Gasteiger charge is 2.41. The zero-order valence-electron chi connectivity index (χ0n) is 10.9. The molecule has 1 saturated heterocycles. The average molecular weight is 255 g/mol. The summed E-state index contributed by atoms with van der Waals surface area (Å²) in [6.45, 7) is 4.03. The molecule has 0 spiro atoms. The summed E-state index contributed by atoms with van der Waals surface area (Å²) >= 11 is 0. The number of imide groups is 1. The number of hydrogen-bond donors (Lipinski definition) is 2. The van der Waals surface area contributed by atoms with Crippen LogP contribution in [0.4, 0.5) is 0 Å². The average Bonchev–Trinajstić information content (AvgIpc) is 2.55. The van der Waals surface area contributed by atoms with Crippen molar-refractivity contribution in [3.63, 3.8) is 0 Å². The second-order valence-electron chi connectivity index (χ2n) is 4.78. The normalized spacial score (nSPS) is 23.6. The molecule has 0 aromatic carbocycles. The number of nitrogens with zero attached hydrogens (tertiary/aromatic N) is 1. The first-order valence-electron chi connectivity index (χ1n) is 6.33. The molecule has 3 N–H and O–H groups in total. The first-order chi connectivity index (χ1) is 8.49. The predicted octanol–water partition coefficient (Wildman–Crippen LogP) is 0.178. The number of amides is 3. The number of hydrazine groups is 1. The van der Waals surface area contributed by atoms with Crippen LogP contribution in [0.15, 0.2) is 0 Å². The molecule has 0 saturated carbocycles. The van der Waals surface area contributed by atoms with Crippen molar-refractivity contribution >= 4 is 17.7 Å². The van der Waals surface area contributed by atoms with E-state index in [0.717, 1.165) is 12.8 Å². The Kier molecular flexibility index (Phi) is 5.27. The minimum absolute atomic E-state index is 0.0767. The molecular formula is C12H21N3O3. The van der Waals surface area contributed by atoms with E-state index in [-0.39, 0.29) is 29.6 Å². The van der Waals surface area contributed by atoms with Crippen LogP contribution in [0.5, 0.6) is 0 Å². The van der Waals surface area contributed by atoms with E-state index in [2.05, 4.69) is 5.43 Å². The Labute approximate surface area is 107 Å². The molecule has 2 unspecified atom stereocenters. The number of likely N-dealkylation sites (tertiary alicyclic amines) is 1. The van der Waals surface area contributed by atoms with E-state index >= 15 is 0 Å². The highest BCUT2D eigenvalue weighted by Crippen LogP contribution is 2.25. The van der Waals surface area contributed by atoms with E-state index in [4.69, 9.17) is 5.84 Å². The highest BCUT2D eigenvalue weighted by molar-refractivity contribution is 6.04. The molecule has 1 rings (SSSR count). The van der Waals surface area contributed by atoms with Gasteiger partial charge in [-0.2, -0.15) is 0 Å². The molecule has 6 nitrogen and oxygen atoms in total. The number of carbonyl (C=O) groups excluding carboxylic acids is 3. The molecule has 18 heavy (non-hydrogen) atoms. The topological polar surface area (TPSA) is 92.5 Å². The minimum Gasteiger partial charge on any atom is -0.294 e. The maximum atomic E-state index is 11.8. The van der Waals surface area contributed by atoms with Crippen LogP contribution in [0.25, 0.3) is 0 Å². The van der Waals surface area contributed by atoms with Crippen LogP contribution >= 0.6 is 0 Å². The lowest BCUT2D eigenvalue weighted by molar-refractivity contribution is -0.139. The molecule has 0 aromatic rings. The summed E-state index contributed by atoms with van der Waals surface area (Å²) in [6, 6.07) is 0. The second-order valence-corrected chi connectivity index (χ2v) is 4.78. The summed E-state index contributed by atoms with van der Waals surface area (Å²) in [5.74, 6) is 4.20. The first-order valence-corrected chi connectivity index (χ1v) is 6.33. The van der Waals surface area contributed by atoms with Crippen molar-refractivity contribution in [1.82, 2.24) is 10.3 Å². The van der Waals surface area contributed by atoms with Crippen molar-refractivity contribution in [3.05, 3.63) is 0 Å². The van der Waals surface area contributed by atoms with Gasteiger partial charge in [-0.25, -0.2) is 5.84 Å². The smallest absolute Gasteiger partial charge is 0.233 e. The summed E-state index contributed by atoms with van der Waals surface area (Å²) in [5, 5.41) is 0. The van der Waals surface area contributed by atoms with Gasteiger partial charge in [0.25, 0.3) is 0 Å². The number of hydrogen-bond acceptors (Lipinski definition) is 4. The largest absolute Gasteiger partial charge is 0.294 e. The van der Waals surface area contributed by atoms with Gasteiger partial charge in [-0.3, -0.25) is 24.7 Å². The summed E-state index contributed by atoms with van der Waals surface area (Å²) in [6.07, 6.45) is 2.62. The van der Waals surface area contributed by atoms with Crippen molar-refractivity contribution < 1.29 is 14.4 Å². The third-order valence-electron chi connectivity index (χ3n) is 3.51. The van der Waals surface area contributed by atoms with E-state index in [1.807, 2.05) is 0 Å². The van der Waals surface area contributed by atoms with Crippen LogP contribution in [-0.4, -0.2) is 29.2 Å². The van der Waals surface area contributed by atoms with Crippen LogP contribution in [-0.2, 0) is 14.4 Å². The van der Waals surface area contributed by atoms with Gasteiger partial charge in [0.2, 0.25) is 17.7 Å². The van der Waals surface area contributed by atoms with Gasteiger partial charge in [0.15, 0.2) is 0 Å². The number of carbonyl (C=O) groups is 3. The molecule has 102 valence electrons. The van der Waals surface area contributed by atoms with Crippen molar-refractivity contribution in [2.45, 2.75) is 39.5 Å². The zero-order valence-corrected chi connectivity index (χ0v) is 10.9. The maximum absolute atomic E-state index is 11.8. The SMILES string of the molecule is CC1C(=O)N(CCCCCC(=O)NN)C(=O)C1C. The molecule has 0 aromatic heterocycles. The quantitative estimate of drug-likeness (QED) is 0.233. The van der Waals surface area contributed by atoms with Gasteiger partial charge in [-0.05, 0) is 12.8 Å². The second kappa shape index (κ2) is 6.49. The minimum atomic E-state index is -0.208. The van der Waals surface area contributed by atoms with Crippen molar-refractivity contribution in [2.24, 2.45) is 17.7 Å². The van der Waals surface area contributed by atoms with Gasteiger partial charge in [0, 0.05) is 24.8 Å². The van der Waals surface area contributed by atoms with Gasteiger partial charge in [-0.1, -0.05) is 20.3 Å². The Morgan fingerprint density at radius 2 is 1.72 bits per heavy atom. The van der Waals surface area contributed by atoms with Crippen molar-refractivity contribution in [1.29, 1.82) is 0 Å². The summed E-state index contributed by atoms with van der Waals surface area (Å²) < 4.78 is 0. The molecule has 2 atom stereocenters. The Balaban J connectivity index is 2.26. The Morgan fingerprint density at radius 1 is 1.17 bits per heavy atom. The van der Waals surface area contributed by atoms with E-state index in [1.165, 1.54) is 4.90 Å². The van der Waals surface area contributed by atoms with Crippen LogP contribution in [0.2, 0.25) is 0 Å². The van der Waals surface area contributed by atoms with Crippen LogP contribution in [0.1, 0.15) is 39.5 Å². The Morgan fingerprint density at radius 3 is 2.22 bits per heavy atom. The maximum Gasteiger partial charge on any atom is 0.233 e. The van der Waals surface area contributed by atoms with Crippen LogP contribution < -0.4 is 11.3 Å². The Hall–Kier alpha value is -1.43. The van der Waals surface area contributed by atoms with Crippen LogP contribution in [0.3, 0.4) is 0 Å². The van der Waals surface area contributed by atoms with Crippen molar-refractivity contribution in [3.8, 4) is 0 Å². The van der Waals surface area contributed by atoms with E-state index in [0.29, 0.717) is 19.4 Å². The van der Waals surface area contributed by atoms with Gasteiger partial charge in [0.1, 0.15) is 0 Å². The molecule has 0 bridgehead atoms. The van der Waals surface area contributed by atoms with Gasteiger partial charge >= 0.3 is 0 Å². The number of unbranched alkanes of at least 4 members (excludes halogenated alkanes) is 2. The van der Waals surface area contributed by atoms with E-state index in [1.54, 1.807) is 13.8 Å². The molecule has 6 heteroatoms. The predicted molar refractivity (Wildman–Crippen MR) is 65.8 cm³/mol. The molecule has 1 heterocycles. The van der Waals surface area contributed by atoms with Gasteiger partial charge < -0.3 is 0 Å². The van der Waals surface area contributed by atoms with Gasteiger partial charge in [-0.15, -0.1) is 0 Å². The highest BCUT2D eigenvalue weighted by atomic mass is 16.2. The summed E-state index contributed by atoms with van der Waals surface area (Å²) in [5.41, 5.74) is 2.07. The summed E-state index contributed by atoms with van der Waals surface area (Å²) in [7, 11) is 0. The standard InChI is InChI=1S/C12H21N3O3/c1-8-9(2)12(18)15(11(8)17)7-5-3-4-6-10(16)14-13/h8-9H,3-7,13H2,1-2H3,(H,14,16). The fourth-order valence-corrected chi connectivity index (χ4v) is 2.05. The number of nitrogens with two attached hydrogens (primary N) is 1. The first kappa shape index (κ1) is 14.6. The van der Waals surface area contributed by atoms with Gasteiger partial charge in [0.05, 0.1) is 0 Å². The molecule has 1 fully saturated rings. The third-order valence-corrected chi connectivity index (χ3v) is 3.51. The molecular weight excluding hydrogens is 234 g/mol. The summed E-state index contributed by atoms with van der Waals surface area (Å²) in [4.78, 5) is 35.7. The fourth-order valence-electron chi connectivity index (χ4n) is 2.05. The molecule has 1 aliphatic rings.